The van der Waals surface area contributed by atoms with Crippen molar-refractivity contribution in [3.05, 3.63) is 24.0 Å². The molecule has 19 heavy (non-hydrogen) atoms. The number of nitrogens with one attached hydrogen (secondary N) is 1. The van der Waals surface area contributed by atoms with Crippen molar-refractivity contribution in [2.75, 3.05) is 5.32 Å². The summed E-state index contributed by atoms with van der Waals surface area (Å²) < 4.78 is 35.6. The number of rotatable bonds is 5. The van der Waals surface area contributed by atoms with Crippen molar-refractivity contribution in [2.24, 2.45) is 11.1 Å². The molecule has 0 fully saturated rings. The van der Waals surface area contributed by atoms with E-state index in [0.29, 0.717) is 12.3 Å². The van der Waals surface area contributed by atoms with Crippen LogP contribution in [0.15, 0.2) is 23.1 Å². The molecule has 1 aromatic rings. The molecule has 1 amide bonds. The van der Waals surface area contributed by atoms with Crippen molar-refractivity contribution in [3.63, 3.8) is 0 Å². The van der Waals surface area contributed by atoms with Crippen molar-refractivity contribution in [1.29, 1.82) is 0 Å². The lowest BCUT2D eigenvalue weighted by Gasteiger charge is -2.08. The molecule has 0 saturated heterocycles. The van der Waals surface area contributed by atoms with E-state index >= 15 is 0 Å². The maximum Gasteiger partial charge on any atom is 0.238 e. The summed E-state index contributed by atoms with van der Waals surface area (Å²) in [6, 6.07) is 3.12. The van der Waals surface area contributed by atoms with Gasteiger partial charge in [0, 0.05) is 6.42 Å². The number of hydrogen-bond acceptors (Lipinski definition) is 3. The Morgan fingerprint density at radius 2 is 2.05 bits per heavy atom. The number of carbonyl (C=O) groups is 1. The Bertz CT molecular complexity index is 570. The second kappa shape index (κ2) is 6.12. The van der Waals surface area contributed by atoms with E-state index in [0.717, 1.165) is 12.1 Å². The van der Waals surface area contributed by atoms with Crippen LogP contribution in [0.1, 0.15) is 26.7 Å². The Hall–Kier alpha value is -1.47. The second-order valence-corrected chi connectivity index (χ2v) is 6.23. The zero-order valence-corrected chi connectivity index (χ0v) is 11.6. The van der Waals surface area contributed by atoms with E-state index in [-0.39, 0.29) is 22.9 Å². The first-order chi connectivity index (χ1) is 8.70. The van der Waals surface area contributed by atoms with Gasteiger partial charge in [-0.05, 0) is 30.5 Å². The molecule has 0 heterocycles. The maximum atomic E-state index is 13.6. The average molecular weight is 288 g/mol. The summed E-state index contributed by atoms with van der Waals surface area (Å²) in [5, 5.41) is 7.27. The Morgan fingerprint density at radius 3 is 2.53 bits per heavy atom. The van der Waals surface area contributed by atoms with Crippen molar-refractivity contribution >= 4 is 21.6 Å². The molecule has 0 aromatic heterocycles. The lowest BCUT2D eigenvalue weighted by molar-refractivity contribution is -0.116. The van der Waals surface area contributed by atoms with Gasteiger partial charge in [-0.15, -0.1) is 0 Å². The molecule has 5 nitrogen and oxygen atoms in total. The first kappa shape index (κ1) is 15.6. The highest BCUT2D eigenvalue weighted by molar-refractivity contribution is 7.89. The van der Waals surface area contributed by atoms with Crippen LogP contribution in [-0.2, 0) is 14.8 Å². The number of halogens is 1. The van der Waals surface area contributed by atoms with Gasteiger partial charge in [-0.1, -0.05) is 13.8 Å². The van der Waals surface area contributed by atoms with Crippen molar-refractivity contribution < 1.29 is 17.6 Å². The molecule has 0 aliphatic heterocycles. The molecule has 106 valence electrons. The molecule has 7 heteroatoms. The van der Waals surface area contributed by atoms with E-state index in [1.807, 2.05) is 13.8 Å². The first-order valence-electron chi connectivity index (χ1n) is 5.82. The molecule has 0 atom stereocenters. The first-order valence-corrected chi connectivity index (χ1v) is 7.37. The van der Waals surface area contributed by atoms with Crippen LogP contribution in [0, 0.1) is 11.7 Å². The van der Waals surface area contributed by atoms with Crippen molar-refractivity contribution in [3.8, 4) is 0 Å². The van der Waals surface area contributed by atoms with Crippen LogP contribution >= 0.6 is 0 Å². The molecule has 0 spiro atoms. The summed E-state index contributed by atoms with van der Waals surface area (Å²) in [7, 11) is -3.94. The number of amides is 1. The highest BCUT2D eigenvalue weighted by atomic mass is 32.2. The number of hydrogen-bond donors (Lipinski definition) is 2. The fraction of sp³-hybridized carbons (Fsp3) is 0.417. The van der Waals surface area contributed by atoms with Gasteiger partial charge in [0.1, 0.15) is 5.82 Å². The zero-order valence-electron chi connectivity index (χ0n) is 10.8. The summed E-state index contributed by atoms with van der Waals surface area (Å²) in [5.41, 5.74) is -0.0545. The van der Waals surface area contributed by atoms with Crippen molar-refractivity contribution in [2.45, 2.75) is 31.6 Å². The molecule has 0 aliphatic carbocycles. The fourth-order valence-corrected chi connectivity index (χ4v) is 1.93. The van der Waals surface area contributed by atoms with Crippen LogP contribution in [0.5, 0.6) is 0 Å². The molecule has 0 aliphatic rings. The Morgan fingerprint density at radius 1 is 1.42 bits per heavy atom. The number of benzene rings is 1. The van der Waals surface area contributed by atoms with E-state index in [1.165, 1.54) is 6.07 Å². The highest BCUT2D eigenvalue weighted by Gasteiger charge is 2.13. The molecule has 0 unspecified atom stereocenters. The molecule has 1 aromatic carbocycles. The second-order valence-electron chi connectivity index (χ2n) is 4.67. The summed E-state index contributed by atoms with van der Waals surface area (Å²) in [4.78, 5) is 11.2. The predicted molar refractivity (Wildman–Crippen MR) is 70.5 cm³/mol. The van der Waals surface area contributed by atoms with Gasteiger partial charge >= 0.3 is 0 Å². The van der Waals surface area contributed by atoms with Crippen LogP contribution in [0.4, 0.5) is 10.1 Å². The smallest absolute Gasteiger partial charge is 0.238 e. The van der Waals surface area contributed by atoms with Gasteiger partial charge < -0.3 is 5.32 Å². The third kappa shape index (κ3) is 4.96. The molecule has 0 saturated carbocycles. The third-order valence-electron chi connectivity index (χ3n) is 2.49. The Balaban J connectivity index is 2.78. The van der Waals surface area contributed by atoms with Crippen molar-refractivity contribution in [1.82, 2.24) is 0 Å². The predicted octanol–water partition coefficient (Wildman–Crippen LogP) is 1.85. The number of nitrogens with two attached hydrogens (primary N) is 1. The lowest BCUT2D eigenvalue weighted by Crippen LogP contribution is -2.15. The van der Waals surface area contributed by atoms with Crippen LogP contribution in [0.2, 0.25) is 0 Å². The Kier molecular flexibility index (Phi) is 5.02. The Labute approximate surface area is 112 Å². The highest BCUT2D eigenvalue weighted by Crippen LogP contribution is 2.18. The molecular weight excluding hydrogens is 271 g/mol. The molecule has 3 N–H and O–H groups in total. The summed E-state index contributed by atoms with van der Waals surface area (Å²) in [6.45, 7) is 3.96. The monoisotopic (exact) mass is 288 g/mol. The lowest BCUT2D eigenvalue weighted by atomic mass is 10.1. The summed E-state index contributed by atoms with van der Waals surface area (Å²) >= 11 is 0. The molecule has 1 rings (SSSR count). The molecule has 0 bridgehead atoms. The van der Waals surface area contributed by atoms with E-state index in [1.54, 1.807) is 0 Å². The van der Waals surface area contributed by atoms with E-state index in [2.05, 4.69) is 5.32 Å². The number of carbonyl (C=O) groups excluding carboxylic acids is 1. The minimum absolute atomic E-state index is 0.0545. The van der Waals surface area contributed by atoms with Gasteiger partial charge in [0.15, 0.2) is 0 Å². The maximum absolute atomic E-state index is 13.6. The number of primary sulfonamides is 1. The summed E-state index contributed by atoms with van der Waals surface area (Å²) in [5.74, 6) is -0.763. The number of sulfonamides is 1. The fourth-order valence-electron chi connectivity index (χ4n) is 1.41. The van der Waals surface area contributed by atoms with Gasteiger partial charge in [-0.25, -0.2) is 17.9 Å². The quantitative estimate of drug-likeness (QED) is 0.866. The average Bonchev–Trinajstić information content (AvgIpc) is 2.27. The standard InChI is InChI=1S/C12H17FN2O3S/c1-8(2)3-6-12(16)15-11-5-4-9(7-10(11)13)19(14,17)18/h4-5,7-8H,3,6H2,1-2H3,(H,15,16)(H2,14,17,18). The number of anilines is 1. The van der Waals surface area contributed by atoms with E-state index < -0.39 is 15.8 Å². The van der Waals surface area contributed by atoms with Gasteiger partial charge in [-0.3, -0.25) is 4.79 Å². The minimum Gasteiger partial charge on any atom is -0.324 e. The van der Waals surface area contributed by atoms with Crippen LogP contribution in [0.3, 0.4) is 0 Å². The van der Waals surface area contributed by atoms with Gasteiger partial charge in [0.05, 0.1) is 10.6 Å². The third-order valence-corrected chi connectivity index (χ3v) is 3.40. The van der Waals surface area contributed by atoms with Crippen LogP contribution in [-0.4, -0.2) is 14.3 Å². The van der Waals surface area contributed by atoms with E-state index in [9.17, 15) is 17.6 Å². The SMILES string of the molecule is CC(C)CCC(=O)Nc1ccc(S(N)(=O)=O)cc1F. The normalized spacial score (nSPS) is 11.6. The zero-order chi connectivity index (χ0) is 14.6. The largest absolute Gasteiger partial charge is 0.324 e. The minimum atomic E-state index is -3.94. The van der Waals surface area contributed by atoms with Crippen LogP contribution < -0.4 is 10.5 Å². The molecule has 0 radical (unpaired) electrons. The van der Waals surface area contributed by atoms with Gasteiger partial charge in [0.25, 0.3) is 0 Å². The molecular formula is C12H17FN2O3S. The summed E-state index contributed by atoms with van der Waals surface area (Å²) in [6.07, 6.45) is 0.983. The van der Waals surface area contributed by atoms with Gasteiger partial charge in [-0.2, -0.15) is 0 Å². The topological polar surface area (TPSA) is 89.3 Å². The van der Waals surface area contributed by atoms with E-state index in [4.69, 9.17) is 5.14 Å². The van der Waals surface area contributed by atoms with Gasteiger partial charge in [0.2, 0.25) is 15.9 Å². The van der Waals surface area contributed by atoms with Crippen LogP contribution in [0.25, 0.3) is 0 Å².